The number of allylic oxidation sites excluding steroid dienone is 4. The summed E-state index contributed by atoms with van der Waals surface area (Å²) in [7, 11) is 5.61. The molecule has 0 spiro atoms. The maximum Gasteiger partial charge on any atom is 0.482 e. The van der Waals surface area contributed by atoms with Crippen LogP contribution in [0.5, 0.6) is 0 Å². The van der Waals surface area contributed by atoms with Gasteiger partial charge in [0.05, 0.1) is 6.10 Å². The fourth-order valence-electron chi connectivity index (χ4n) is 7.88. The summed E-state index contributed by atoms with van der Waals surface area (Å²) in [6.07, 6.45) is -7.14. The Balaban J connectivity index is 1.51. The van der Waals surface area contributed by atoms with Gasteiger partial charge in [-0.2, -0.15) is 22.0 Å². The largest absolute Gasteiger partial charge is 0.482 e. The predicted molar refractivity (Wildman–Crippen MR) is 148 cm³/mol. The fraction of sp³-hybridized carbons (Fsp3) is 0.625. The SMILES string of the molecule is CN(C)CCN(C)C(=O)c1ccc(C2CC3(C)C(OC(F)(F)C(F)(F)F)CCC3C3CCC4=CC(=O)CCC4=C23)cc1. The molecule has 0 aliphatic heterocycles. The van der Waals surface area contributed by atoms with Crippen molar-refractivity contribution in [3.8, 4) is 0 Å². The van der Waals surface area contributed by atoms with E-state index in [2.05, 4.69) is 4.74 Å². The molecular formula is C32H39F5N2O3. The minimum Gasteiger partial charge on any atom is -0.340 e. The summed E-state index contributed by atoms with van der Waals surface area (Å²) in [4.78, 5) is 28.9. The maximum absolute atomic E-state index is 14.2. The molecule has 2 saturated carbocycles. The van der Waals surface area contributed by atoms with E-state index in [1.165, 1.54) is 5.57 Å². The predicted octanol–water partition coefficient (Wildman–Crippen LogP) is 6.76. The van der Waals surface area contributed by atoms with E-state index in [1.54, 1.807) is 30.2 Å². The summed E-state index contributed by atoms with van der Waals surface area (Å²) in [5.74, 6) is -0.375. The first kappa shape index (κ1) is 30.9. The third-order valence-corrected chi connectivity index (χ3v) is 10.1. The number of benzene rings is 1. The van der Waals surface area contributed by atoms with Crippen LogP contribution in [-0.2, 0) is 9.53 Å². The first-order valence-electron chi connectivity index (χ1n) is 14.7. The molecule has 0 aromatic heterocycles. The number of likely N-dealkylation sites (N-methyl/N-ethyl adjacent to an activating group) is 2. The number of hydrogen-bond acceptors (Lipinski definition) is 4. The third-order valence-electron chi connectivity index (χ3n) is 10.1. The Bertz CT molecular complexity index is 1290. The molecule has 0 saturated heterocycles. The van der Waals surface area contributed by atoms with E-state index in [0.717, 1.165) is 23.3 Å². The van der Waals surface area contributed by atoms with Crippen molar-refractivity contribution < 1.29 is 36.3 Å². The van der Waals surface area contributed by atoms with E-state index in [4.69, 9.17) is 0 Å². The summed E-state index contributed by atoms with van der Waals surface area (Å²) in [6, 6.07) is 7.30. The van der Waals surface area contributed by atoms with E-state index < -0.39 is 23.8 Å². The van der Waals surface area contributed by atoms with Gasteiger partial charge in [0, 0.05) is 38.0 Å². The molecule has 2 fully saturated rings. The number of carbonyl (C=O) groups is 2. The summed E-state index contributed by atoms with van der Waals surface area (Å²) < 4.78 is 72.5. The van der Waals surface area contributed by atoms with Crippen molar-refractivity contribution >= 4 is 11.7 Å². The van der Waals surface area contributed by atoms with Gasteiger partial charge in [0.25, 0.3) is 5.91 Å². The Morgan fingerprint density at radius 3 is 2.31 bits per heavy atom. The molecule has 5 nitrogen and oxygen atoms in total. The van der Waals surface area contributed by atoms with Gasteiger partial charge >= 0.3 is 12.3 Å². The number of rotatable bonds is 7. The van der Waals surface area contributed by atoms with Crippen LogP contribution in [0, 0.1) is 17.3 Å². The number of ether oxygens (including phenoxy) is 1. The lowest BCUT2D eigenvalue weighted by atomic mass is 9.53. The fourth-order valence-corrected chi connectivity index (χ4v) is 7.88. The number of fused-ring (bicyclic) bond motifs is 4. The maximum atomic E-state index is 14.2. The van der Waals surface area contributed by atoms with E-state index in [1.807, 2.05) is 38.1 Å². The van der Waals surface area contributed by atoms with Gasteiger partial charge in [-0.05, 0) is 105 Å². The van der Waals surface area contributed by atoms with Crippen molar-refractivity contribution in [2.45, 2.75) is 76.2 Å². The molecule has 5 atom stereocenters. The molecule has 230 valence electrons. The van der Waals surface area contributed by atoms with Crippen molar-refractivity contribution in [1.29, 1.82) is 0 Å². The summed E-state index contributed by atoms with van der Waals surface area (Å²) in [5, 5.41) is 0. The van der Waals surface area contributed by atoms with Crippen molar-refractivity contribution in [2.75, 3.05) is 34.2 Å². The van der Waals surface area contributed by atoms with Crippen molar-refractivity contribution in [1.82, 2.24) is 9.80 Å². The Morgan fingerprint density at radius 1 is 0.976 bits per heavy atom. The minimum absolute atomic E-state index is 0.000636. The summed E-state index contributed by atoms with van der Waals surface area (Å²) >= 11 is 0. The monoisotopic (exact) mass is 594 g/mol. The van der Waals surface area contributed by atoms with Crippen LogP contribution >= 0.6 is 0 Å². The highest BCUT2D eigenvalue weighted by Gasteiger charge is 2.65. The highest BCUT2D eigenvalue weighted by molar-refractivity contribution is 5.94. The average Bonchev–Trinajstić information content (AvgIpc) is 3.25. The van der Waals surface area contributed by atoms with Crippen molar-refractivity contribution in [3.05, 3.63) is 58.2 Å². The van der Waals surface area contributed by atoms with Crippen LogP contribution in [0.1, 0.15) is 73.7 Å². The molecule has 4 aliphatic carbocycles. The van der Waals surface area contributed by atoms with Crippen LogP contribution in [-0.4, -0.2) is 74.1 Å². The molecule has 1 aromatic carbocycles. The number of hydrogen-bond donors (Lipinski definition) is 0. The second-order valence-corrected chi connectivity index (χ2v) is 12.9. The smallest absolute Gasteiger partial charge is 0.340 e. The Labute approximate surface area is 243 Å². The van der Waals surface area contributed by atoms with Gasteiger partial charge in [-0.3, -0.25) is 9.59 Å². The second kappa shape index (κ2) is 11.2. The topological polar surface area (TPSA) is 49.9 Å². The highest BCUT2D eigenvalue weighted by Crippen LogP contribution is 2.65. The van der Waals surface area contributed by atoms with Gasteiger partial charge in [0.15, 0.2) is 5.78 Å². The number of nitrogens with zero attached hydrogens (tertiary/aromatic N) is 2. The zero-order valence-corrected chi connectivity index (χ0v) is 24.6. The third kappa shape index (κ3) is 5.56. The molecule has 5 rings (SSSR count). The molecule has 10 heteroatoms. The molecule has 0 bridgehead atoms. The number of halogens is 5. The van der Waals surface area contributed by atoms with Crippen LogP contribution in [0.3, 0.4) is 0 Å². The number of ketones is 1. The van der Waals surface area contributed by atoms with Gasteiger partial charge in [0.1, 0.15) is 0 Å². The quantitative estimate of drug-likeness (QED) is 0.328. The molecule has 4 aliphatic rings. The molecule has 0 radical (unpaired) electrons. The lowest BCUT2D eigenvalue weighted by molar-refractivity contribution is -0.408. The number of carbonyl (C=O) groups excluding carboxylic acids is 2. The zero-order valence-electron chi connectivity index (χ0n) is 24.6. The molecule has 1 aromatic rings. The minimum atomic E-state index is -5.79. The Morgan fingerprint density at radius 2 is 1.67 bits per heavy atom. The molecule has 1 amide bonds. The molecule has 42 heavy (non-hydrogen) atoms. The van der Waals surface area contributed by atoms with E-state index in [0.29, 0.717) is 50.6 Å². The highest BCUT2D eigenvalue weighted by atomic mass is 19.4. The van der Waals surface area contributed by atoms with Crippen LogP contribution in [0.25, 0.3) is 0 Å². The first-order chi connectivity index (χ1) is 19.6. The molecule has 5 unspecified atom stereocenters. The van der Waals surface area contributed by atoms with Gasteiger partial charge < -0.3 is 14.5 Å². The Hall–Kier alpha value is -2.59. The van der Waals surface area contributed by atoms with Gasteiger partial charge in [-0.15, -0.1) is 0 Å². The van der Waals surface area contributed by atoms with Gasteiger partial charge in [-0.25, -0.2) is 0 Å². The van der Waals surface area contributed by atoms with Crippen LogP contribution in [0.4, 0.5) is 22.0 Å². The van der Waals surface area contributed by atoms with Gasteiger partial charge in [0.2, 0.25) is 0 Å². The lowest BCUT2D eigenvalue weighted by Gasteiger charge is -2.52. The second-order valence-electron chi connectivity index (χ2n) is 12.9. The molecule has 0 heterocycles. The first-order valence-corrected chi connectivity index (χ1v) is 14.7. The number of amides is 1. The van der Waals surface area contributed by atoms with Crippen LogP contribution in [0.2, 0.25) is 0 Å². The van der Waals surface area contributed by atoms with E-state index in [-0.39, 0.29) is 35.9 Å². The van der Waals surface area contributed by atoms with Crippen LogP contribution < -0.4 is 0 Å². The van der Waals surface area contributed by atoms with E-state index in [9.17, 15) is 31.5 Å². The van der Waals surface area contributed by atoms with Crippen molar-refractivity contribution in [2.24, 2.45) is 17.3 Å². The zero-order chi connectivity index (χ0) is 30.6. The van der Waals surface area contributed by atoms with Crippen LogP contribution in [0.15, 0.2) is 47.1 Å². The average molecular weight is 595 g/mol. The summed E-state index contributed by atoms with van der Waals surface area (Å²) in [6.45, 7) is 3.09. The van der Waals surface area contributed by atoms with Gasteiger partial charge in [-0.1, -0.05) is 24.6 Å². The molecule has 0 N–H and O–H groups in total. The molecular weight excluding hydrogens is 555 g/mol. The summed E-state index contributed by atoms with van der Waals surface area (Å²) in [5.41, 5.74) is 3.87. The Kier molecular flexibility index (Phi) is 8.20. The van der Waals surface area contributed by atoms with E-state index >= 15 is 0 Å². The lowest BCUT2D eigenvalue weighted by Crippen LogP contribution is -2.50. The standard InChI is InChI=1S/C32H39F5N2O3/c1-30-18-25(19-5-7-20(8-6-19)29(41)39(4)16-15-38(2)3)28-23-12-10-22(40)17-21(23)9-11-24(28)26(30)13-14-27(30)42-32(36,37)31(33,34)35/h5-8,17,24-27H,9-16,18H2,1-4H3. The van der Waals surface area contributed by atoms with Crippen molar-refractivity contribution in [3.63, 3.8) is 0 Å². The normalized spacial score (nSPS) is 29.7. The number of alkyl halides is 5.